The average Bonchev–Trinajstić information content (AvgIpc) is 1.55. The van der Waals surface area contributed by atoms with Crippen LogP contribution in [0.3, 0.4) is 0 Å². The highest BCUT2D eigenvalue weighted by molar-refractivity contribution is 7.89. The number of aliphatic hydroxyl groups excluding tert-OH is 2. The quantitative estimate of drug-likeness (QED) is 0.0516. The highest BCUT2D eigenvalue weighted by atomic mass is 32.2. The minimum Gasteiger partial charge on any atom is -0.394 e. The fourth-order valence-electron chi connectivity index (χ4n) is 16.7. The van der Waals surface area contributed by atoms with Gasteiger partial charge in [0.1, 0.15) is 0 Å². The van der Waals surface area contributed by atoms with Crippen molar-refractivity contribution in [3.63, 3.8) is 0 Å². The van der Waals surface area contributed by atoms with Gasteiger partial charge in [0.05, 0.1) is 73.8 Å². The maximum absolute atomic E-state index is 13.6. The van der Waals surface area contributed by atoms with Gasteiger partial charge in [-0.3, -0.25) is 24.1 Å². The molecule has 0 aromatic heterocycles. The first kappa shape index (κ1) is 101. The zero-order chi connectivity index (χ0) is 93.7. The van der Waals surface area contributed by atoms with Gasteiger partial charge in [0.15, 0.2) is 34.7 Å². The van der Waals surface area contributed by atoms with Gasteiger partial charge in [-0.1, -0.05) is 284 Å². The van der Waals surface area contributed by atoms with Crippen LogP contribution in [0.25, 0.3) is 0 Å². The van der Waals surface area contributed by atoms with Crippen LogP contribution in [0.15, 0.2) is 341 Å². The zero-order valence-corrected chi connectivity index (χ0v) is 78.8. The molecule has 2 fully saturated rings. The minimum absolute atomic E-state index is 0.0693. The number of hydrogen-bond donors (Lipinski definition) is 4. The predicted molar refractivity (Wildman–Crippen MR) is 513 cm³/mol. The Kier molecular flexibility index (Phi) is 37.2. The Morgan fingerprint density at radius 2 is 0.649 bits per heavy atom. The molecule has 4 N–H and O–H groups in total. The Labute approximate surface area is 774 Å². The number of carbonyl (C=O) groups is 4. The molecule has 9 aromatic rings. The number of hydrogen-bond acceptors (Lipinski definition) is 19. The van der Waals surface area contributed by atoms with Crippen LogP contribution in [0.1, 0.15) is 166 Å². The summed E-state index contributed by atoms with van der Waals surface area (Å²) in [5.41, 5.74) is 15.1. The van der Waals surface area contributed by atoms with E-state index in [1.165, 1.54) is 56.5 Å². The van der Waals surface area contributed by atoms with Gasteiger partial charge >= 0.3 is 0 Å². The number of rotatable bonds is 20. The summed E-state index contributed by atoms with van der Waals surface area (Å²) in [5.74, 6) is -1.16. The van der Waals surface area contributed by atoms with Gasteiger partial charge in [-0.15, -0.1) is 0 Å². The number of ether oxygens (including phenoxy) is 4. The highest BCUT2D eigenvalue weighted by Crippen LogP contribution is 2.42. The van der Waals surface area contributed by atoms with Crippen LogP contribution >= 0.6 is 0 Å². The molecule has 8 heterocycles. The van der Waals surface area contributed by atoms with E-state index in [0.717, 1.165) is 83.4 Å². The van der Waals surface area contributed by atoms with E-state index in [-0.39, 0.29) is 79.0 Å². The van der Waals surface area contributed by atoms with E-state index in [4.69, 9.17) is 29.2 Å². The summed E-state index contributed by atoms with van der Waals surface area (Å²) >= 11 is 0. The molecule has 2 saturated heterocycles. The second kappa shape index (κ2) is 48.2. The van der Waals surface area contributed by atoms with Crippen molar-refractivity contribution in [2.75, 3.05) is 85.2 Å². The van der Waals surface area contributed by atoms with Gasteiger partial charge < -0.3 is 39.8 Å². The molecule has 6 atom stereocenters. The van der Waals surface area contributed by atoms with Gasteiger partial charge in [-0.25, -0.2) is 25.3 Å². The third-order valence-corrected chi connectivity index (χ3v) is 29.2. The molecule has 0 bridgehead atoms. The Hall–Kier alpha value is -10.5. The second-order valence-electron chi connectivity index (χ2n) is 33.6. The molecule has 692 valence electrons. The standard InChI is InChI=1S/C22H25NO4S.C20H21NO3S.C20H21NO.C15H19NO2.C14H17NO3S.C13H15NO.C2H6O2/c1-17-8-11-20(12-9-17)28(24,25)23-16-19(22(2)26-14-15-27-22)10-13-21(23)18-6-4-3-5-7-18;1-15-8-11-19(12-9-15)25(23,24)21-14-18(16(2)22)10-13-20(21)17-6-4-3-5-7-17;1-16(22)19-12-13-20(18-10-6-3-7-11-18)21(15-19)14-17-8-4-2-5-9-17;1-15(17-9-10-18-15)13-7-8-14(16-11-13)12-5-3-2-4-6-12;1-11(16)13-8-9-14(12-6-4-3-5-7-12)15(10-13)19(2,17)18;1-10(15)12-7-8-13(14-9-12)11-5-3-2-4-6-11;3-1-2-4/h3-12,21H,13-16H2,1-2H3;3-12,20H,13-14H2,1-2H3;2-12,20H,13-15H2,1H3;2-7,14,16H,8-11H2,1H3;3-8,14H,9-10H2,1-2H3;2-7,13-14H,8-9H2,1H3;3-4H,1-2H2. The van der Waals surface area contributed by atoms with Crippen LogP contribution in [0.2, 0.25) is 0 Å². The number of sulfonamides is 3. The Bertz CT molecular complexity index is 5800. The SMILES string of the molecule is CC(=O)C1=CCC(c2ccccc2)N(Cc2ccccc2)C1.CC(=O)C1=CCC(c2ccccc2)N(S(=O)(=O)c2ccc(C)cc2)C1.CC(=O)C1=CCC(c2ccccc2)N(S(C)(=O)=O)C1.CC(=O)C1=CCC(c2ccccc2)NC1.CC1(C2=CCC(c3ccccc3)NC2)OCCO1.Cc1ccc(S(=O)(=O)N2CC(C3(C)OCCO3)=CCC2c2ccccc2)cc1.OCCO. The maximum Gasteiger partial charge on any atom is 0.243 e. The Morgan fingerprint density at radius 3 is 1.00 bits per heavy atom. The van der Waals surface area contributed by atoms with Gasteiger partial charge in [-0.05, 0) is 168 Å². The molecule has 17 rings (SSSR count). The lowest BCUT2D eigenvalue weighted by atomic mass is 9.94. The lowest BCUT2D eigenvalue weighted by molar-refractivity contribution is -0.114. The predicted octanol–water partition coefficient (Wildman–Crippen LogP) is 17.1. The van der Waals surface area contributed by atoms with Crippen molar-refractivity contribution in [1.29, 1.82) is 0 Å². The lowest BCUT2D eigenvalue weighted by Gasteiger charge is -2.38. The lowest BCUT2D eigenvalue weighted by Crippen LogP contribution is -2.44. The van der Waals surface area contributed by atoms with Crippen LogP contribution in [0.5, 0.6) is 0 Å². The molecule has 0 amide bonds. The molecule has 0 spiro atoms. The first-order valence-corrected chi connectivity index (χ1v) is 49.3. The van der Waals surface area contributed by atoms with Gasteiger partial charge in [-0.2, -0.15) is 12.9 Å². The summed E-state index contributed by atoms with van der Waals surface area (Å²) in [5, 5.41) is 22.2. The van der Waals surface area contributed by atoms with Crippen molar-refractivity contribution in [1.82, 2.24) is 28.4 Å². The minimum atomic E-state index is -3.70. The van der Waals surface area contributed by atoms with Crippen molar-refractivity contribution >= 4 is 53.2 Å². The van der Waals surface area contributed by atoms with E-state index in [0.29, 0.717) is 86.4 Å². The molecule has 131 heavy (non-hydrogen) atoms. The number of nitrogens with one attached hydrogen (secondary N) is 2. The van der Waals surface area contributed by atoms with Crippen molar-refractivity contribution in [3.8, 4) is 0 Å². The summed E-state index contributed by atoms with van der Waals surface area (Å²) in [6, 6.07) is 84.9. The molecule has 0 radical (unpaired) electrons. The van der Waals surface area contributed by atoms with E-state index in [9.17, 15) is 44.4 Å². The molecule has 22 nitrogen and oxygen atoms in total. The van der Waals surface area contributed by atoms with E-state index < -0.39 is 41.6 Å². The molecule has 8 aliphatic rings. The van der Waals surface area contributed by atoms with Crippen molar-refractivity contribution in [2.45, 2.75) is 158 Å². The maximum atomic E-state index is 13.6. The molecular formula is C106H124N6O16S3. The smallest absolute Gasteiger partial charge is 0.243 e. The van der Waals surface area contributed by atoms with Crippen LogP contribution in [0, 0.1) is 13.8 Å². The van der Waals surface area contributed by atoms with E-state index in [1.54, 1.807) is 54.6 Å². The molecule has 9 aromatic carbocycles. The Balaban J connectivity index is 0.000000152. The summed E-state index contributed by atoms with van der Waals surface area (Å²) in [4.78, 5) is 49.1. The summed E-state index contributed by atoms with van der Waals surface area (Å²) < 4.78 is 105. The average molecular weight is 1830 g/mol. The van der Waals surface area contributed by atoms with Gasteiger partial charge in [0, 0.05) is 86.2 Å². The molecule has 25 heteroatoms. The summed E-state index contributed by atoms with van der Waals surface area (Å²) in [6.07, 6.45) is 17.8. The number of aryl methyl sites for hydroxylation is 2. The third kappa shape index (κ3) is 28.0. The number of aliphatic hydroxyl groups is 2. The van der Waals surface area contributed by atoms with Crippen molar-refractivity contribution in [2.24, 2.45) is 0 Å². The number of carbonyl (C=O) groups excluding carboxylic acids is 4. The molecule has 0 aliphatic carbocycles. The van der Waals surface area contributed by atoms with Gasteiger partial charge in [0.25, 0.3) is 0 Å². The number of Topliss-reactive ketones (excluding diaryl/α,β-unsaturated/α-hetero) is 4. The third-order valence-electron chi connectivity index (χ3n) is 24.3. The van der Waals surface area contributed by atoms with Crippen LogP contribution < -0.4 is 10.6 Å². The fraction of sp³-hybridized carbons (Fsp3) is 0.340. The summed E-state index contributed by atoms with van der Waals surface area (Å²) in [7, 11) is -10.7. The number of ketones is 4. The molecule has 0 saturated carbocycles. The van der Waals surface area contributed by atoms with Crippen LogP contribution in [-0.4, -0.2) is 173 Å². The van der Waals surface area contributed by atoms with Crippen LogP contribution in [-0.2, 0) is 74.7 Å². The number of benzene rings is 9. The van der Waals surface area contributed by atoms with Gasteiger partial charge in [0.2, 0.25) is 30.1 Å². The zero-order valence-electron chi connectivity index (χ0n) is 76.3. The highest BCUT2D eigenvalue weighted by Gasteiger charge is 2.44. The first-order chi connectivity index (χ1) is 62.9. The normalized spacial score (nSPS) is 20.9. The van der Waals surface area contributed by atoms with Crippen molar-refractivity contribution in [3.05, 3.63) is 381 Å². The second-order valence-corrected chi connectivity index (χ2v) is 39.3. The monoisotopic (exact) mass is 1830 g/mol. The Morgan fingerprint density at radius 1 is 0.351 bits per heavy atom. The van der Waals surface area contributed by atoms with Crippen LogP contribution in [0.4, 0.5) is 0 Å². The summed E-state index contributed by atoms with van der Waals surface area (Å²) in [6.45, 7) is 19.7. The fourth-order valence-corrected chi connectivity index (χ4v) is 21.0. The first-order valence-electron chi connectivity index (χ1n) is 44.5. The van der Waals surface area contributed by atoms with E-state index >= 15 is 0 Å². The van der Waals surface area contributed by atoms with Crippen molar-refractivity contribution < 1.29 is 73.6 Å². The van der Waals surface area contributed by atoms with E-state index in [1.807, 2.05) is 173 Å². The molecular weight excluding hydrogens is 1710 g/mol. The van der Waals surface area contributed by atoms with E-state index in [2.05, 4.69) is 131 Å². The molecule has 8 aliphatic heterocycles. The topological polar surface area (TPSA) is 285 Å². The largest absolute Gasteiger partial charge is 0.394 e. The number of nitrogens with zero attached hydrogens (tertiary/aromatic N) is 4. The molecule has 6 unspecified atom stereocenters.